The highest BCUT2D eigenvalue weighted by molar-refractivity contribution is 6.30. The lowest BCUT2D eigenvalue weighted by Crippen LogP contribution is -2.43. The molecule has 1 N–H and O–H groups in total. The molecule has 1 atom stereocenters. The minimum Gasteiger partial charge on any atom is -0.467 e. The normalized spacial score (nSPS) is 11.8. The van der Waals surface area contributed by atoms with E-state index in [0.717, 1.165) is 16.3 Å². The van der Waals surface area contributed by atoms with Gasteiger partial charge in [0.05, 0.1) is 7.11 Å². The van der Waals surface area contributed by atoms with E-state index >= 15 is 0 Å². The molecule has 0 aliphatic heterocycles. The van der Waals surface area contributed by atoms with E-state index in [0.29, 0.717) is 17.0 Å². The number of amides is 1. The molecule has 0 radical (unpaired) electrons. The standard InChI is InChI=1S/C21H18ClNO3/c1-26-21(25)19(13-14-9-11-16(22)12-10-14)23-20(24)18-8-4-6-15-5-2-3-7-17(15)18/h2-12,19H,13H2,1H3,(H,23,24)/t19-/m1/s1. The molecular formula is C21H18ClNO3. The molecule has 0 spiro atoms. The van der Waals surface area contributed by atoms with E-state index in [4.69, 9.17) is 16.3 Å². The summed E-state index contributed by atoms with van der Waals surface area (Å²) in [6.07, 6.45) is 0.320. The maximum absolute atomic E-state index is 12.8. The second-order valence-electron chi connectivity index (χ2n) is 5.91. The third-order valence-electron chi connectivity index (χ3n) is 4.18. The van der Waals surface area contributed by atoms with Gasteiger partial charge in [-0.3, -0.25) is 4.79 Å². The molecule has 0 heterocycles. The summed E-state index contributed by atoms with van der Waals surface area (Å²) < 4.78 is 4.85. The molecule has 3 aromatic carbocycles. The van der Waals surface area contributed by atoms with Crippen molar-refractivity contribution in [3.63, 3.8) is 0 Å². The van der Waals surface area contributed by atoms with Gasteiger partial charge >= 0.3 is 5.97 Å². The molecule has 0 unspecified atom stereocenters. The van der Waals surface area contributed by atoms with Gasteiger partial charge in [-0.2, -0.15) is 0 Å². The first kappa shape index (κ1) is 18.0. The molecule has 0 fully saturated rings. The number of fused-ring (bicyclic) bond motifs is 1. The fourth-order valence-electron chi connectivity index (χ4n) is 2.85. The van der Waals surface area contributed by atoms with Gasteiger partial charge in [0.1, 0.15) is 6.04 Å². The molecule has 3 rings (SSSR count). The third-order valence-corrected chi connectivity index (χ3v) is 4.43. The van der Waals surface area contributed by atoms with Crippen molar-refractivity contribution < 1.29 is 14.3 Å². The summed E-state index contributed by atoms with van der Waals surface area (Å²) in [6.45, 7) is 0. The molecule has 4 nitrogen and oxygen atoms in total. The number of methoxy groups -OCH3 is 1. The lowest BCUT2D eigenvalue weighted by Gasteiger charge is -2.17. The Bertz CT molecular complexity index is 932. The van der Waals surface area contributed by atoms with Crippen molar-refractivity contribution >= 4 is 34.2 Å². The number of hydrogen-bond acceptors (Lipinski definition) is 3. The monoisotopic (exact) mass is 367 g/mol. The van der Waals surface area contributed by atoms with Gasteiger partial charge in [0.15, 0.2) is 0 Å². The number of hydrogen-bond donors (Lipinski definition) is 1. The van der Waals surface area contributed by atoms with Crippen LogP contribution in [0.15, 0.2) is 66.7 Å². The Balaban J connectivity index is 1.85. The van der Waals surface area contributed by atoms with Crippen molar-refractivity contribution in [1.29, 1.82) is 0 Å². The number of esters is 1. The van der Waals surface area contributed by atoms with Crippen molar-refractivity contribution in [3.8, 4) is 0 Å². The molecule has 132 valence electrons. The summed E-state index contributed by atoms with van der Waals surface area (Å²) in [6, 6.07) is 19.5. The van der Waals surface area contributed by atoms with Gasteiger partial charge in [-0.15, -0.1) is 0 Å². The Morgan fingerprint density at radius 3 is 2.42 bits per heavy atom. The van der Waals surface area contributed by atoms with Crippen LogP contribution in [0.3, 0.4) is 0 Å². The molecule has 3 aromatic rings. The SMILES string of the molecule is COC(=O)[C@@H](Cc1ccc(Cl)cc1)NC(=O)c1cccc2ccccc12. The van der Waals surface area contributed by atoms with Crippen LogP contribution in [0.25, 0.3) is 10.8 Å². The van der Waals surface area contributed by atoms with Crippen LogP contribution in [-0.2, 0) is 16.0 Å². The molecule has 0 saturated carbocycles. The maximum atomic E-state index is 12.8. The van der Waals surface area contributed by atoms with Crippen LogP contribution < -0.4 is 5.32 Å². The molecular weight excluding hydrogens is 350 g/mol. The molecule has 0 bridgehead atoms. The second-order valence-corrected chi connectivity index (χ2v) is 6.34. The summed E-state index contributed by atoms with van der Waals surface area (Å²) in [4.78, 5) is 24.9. The lowest BCUT2D eigenvalue weighted by molar-refractivity contribution is -0.142. The van der Waals surface area contributed by atoms with E-state index in [1.165, 1.54) is 7.11 Å². The van der Waals surface area contributed by atoms with Crippen LogP contribution in [0.5, 0.6) is 0 Å². The molecule has 0 aliphatic carbocycles. The van der Waals surface area contributed by atoms with Crippen molar-refractivity contribution in [1.82, 2.24) is 5.32 Å². The molecule has 5 heteroatoms. The quantitative estimate of drug-likeness (QED) is 0.693. The minimum atomic E-state index is -0.785. The summed E-state index contributed by atoms with van der Waals surface area (Å²) in [5.41, 5.74) is 1.40. The van der Waals surface area contributed by atoms with Crippen LogP contribution in [0.4, 0.5) is 0 Å². The summed E-state index contributed by atoms with van der Waals surface area (Å²) in [5.74, 6) is -0.806. The van der Waals surface area contributed by atoms with Crippen LogP contribution in [0, 0.1) is 0 Å². The van der Waals surface area contributed by atoms with Gasteiger partial charge in [0.2, 0.25) is 0 Å². The van der Waals surface area contributed by atoms with Crippen LogP contribution in [0.1, 0.15) is 15.9 Å². The second kappa shape index (κ2) is 8.02. The highest BCUT2D eigenvalue weighted by Crippen LogP contribution is 2.19. The fourth-order valence-corrected chi connectivity index (χ4v) is 2.98. The Hall–Kier alpha value is -2.85. The zero-order chi connectivity index (χ0) is 18.5. The first-order valence-corrected chi connectivity index (χ1v) is 8.57. The van der Waals surface area contributed by atoms with E-state index in [2.05, 4.69) is 5.32 Å². The van der Waals surface area contributed by atoms with E-state index < -0.39 is 12.0 Å². The Morgan fingerprint density at radius 1 is 1.00 bits per heavy atom. The number of benzene rings is 3. The summed E-state index contributed by atoms with van der Waals surface area (Å²) >= 11 is 5.90. The molecule has 1 amide bonds. The average molecular weight is 368 g/mol. The summed E-state index contributed by atoms with van der Waals surface area (Å²) in [7, 11) is 1.31. The number of carbonyl (C=O) groups excluding carboxylic acids is 2. The van der Waals surface area contributed by atoms with Gasteiger partial charge in [-0.1, -0.05) is 60.1 Å². The fraction of sp³-hybridized carbons (Fsp3) is 0.143. The zero-order valence-electron chi connectivity index (χ0n) is 14.2. The number of ether oxygens (including phenoxy) is 1. The van der Waals surface area contributed by atoms with Gasteiger partial charge in [-0.25, -0.2) is 4.79 Å². The number of rotatable bonds is 5. The van der Waals surface area contributed by atoms with Gasteiger partial charge in [0, 0.05) is 17.0 Å². The third kappa shape index (κ3) is 4.03. The van der Waals surface area contributed by atoms with Crippen LogP contribution in [0.2, 0.25) is 5.02 Å². The Morgan fingerprint density at radius 2 is 1.69 bits per heavy atom. The number of nitrogens with one attached hydrogen (secondary N) is 1. The zero-order valence-corrected chi connectivity index (χ0v) is 15.0. The lowest BCUT2D eigenvalue weighted by atomic mass is 10.0. The van der Waals surface area contributed by atoms with Crippen LogP contribution in [-0.4, -0.2) is 25.0 Å². The Labute approximate surface area is 156 Å². The van der Waals surface area contributed by atoms with E-state index in [1.807, 2.05) is 48.5 Å². The summed E-state index contributed by atoms with van der Waals surface area (Å²) in [5, 5.41) is 5.21. The van der Waals surface area contributed by atoms with E-state index in [1.54, 1.807) is 18.2 Å². The molecule has 26 heavy (non-hydrogen) atoms. The Kier molecular flexibility index (Phi) is 5.54. The molecule has 0 aromatic heterocycles. The average Bonchev–Trinajstić information content (AvgIpc) is 2.68. The first-order valence-electron chi connectivity index (χ1n) is 8.19. The molecule has 0 saturated heterocycles. The topological polar surface area (TPSA) is 55.4 Å². The maximum Gasteiger partial charge on any atom is 0.328 e. The highest BCUT2D eigenvalue weighted by Gasteiger charge is 2.23. The van der Waals surface area contributed by atoms with Crippen molar-refractivity contribution in [2.75, 3.05) is 7.11 Å². The van der Waals surface area contributed by atoms with Crippen molar-refractivity contribution in [2.45, 2.75) is 12.5 Å². The largest absolute Gasteiger partial charge is 0.467 e. The number of halogens is 1. The van der Waals surface area contributed by atoms with E-state index in [9.17, 15) is 9.59 Å². The smallest absolute Gasteiger partial charge is 0.328 e. The highest BCUT2D eigenvalue weighted by atomic mass is 35.5. The number of carbonyl (C=O) groups is 2. The van der Waals surface area contributed by atoms with Gasteiger partial charge < -0.3 is 10.1 Å². The van der Waals surface area contributed by atoms with Crippen molar-refractivity contribution in [2.24, 2.45) is 0 Å². The van der Waals surface area contributed by atoms with Gasteiger partial charge in [0.25, 0.3) is 5.91 Å². The van der Waals surface area contributed by atoms with Crippen molar-refractivity contribution in [3.05, 3.63) is 82.9 Å². The predicted octanol–water partition coefficient (Wildman–Crippen LogP) is 4.01. The predicted molar refractivity (Wildman–Crippen MR) is 102 cm³/mol. The first-order chi connectivity index (χ1) is 12.6. The molecule has 0 aliphatic rings. The van der Waals surface area contributed by atoms with E-state index in [-0.39, 0.29) is 5.91 Å². The minimum absolute atomic E-state index is 0.314. The van der Waals surface area contributed by atoms with Crippen LogP contribution >= 0.6 is 11.6 Å². The van der Waals surface area contributed by atoms with Gasteiger partial charge in [-0.05, 0) is 34.5 Å².